The Balaban J connectivity index is 1.89. The van der Waals surface area contributed by atoms with E-state index in [1.807, 2.05) is 27.7 Å². The van der Waals surface area contributed by atoms with Crippen molar-refractivity contribution in [1.82, 2.24) is 4.90 Å². The van der Waals surface area contributed by atoms with Gasteiger partial charge in [0.25, 0.3) is 0 Å². The Kier molecular flexibility index (Phi) is 5.10. The van der Waals surface area contributed by atoms with Crippen LogP contribution in [-0.4, -0.2) is 42.9 Å². The van der Waals surface area contributed by atoms with Crippen LogP contribution in [0, 0.1) is 6.92 Å². The third-order valence-electron chi connectivity index (χ3n) is 4.38. The SMILES string of the molecule is Cc1c(Br)c(N)c2c(c1C1=CCN(C(=O)OC(C)(C)C)CC1)OCCO2. The maximum Gasteiger partial charge on any atom is 0.410 e. The number of nitrogens with zero attached hydrogens (tertiary/aromatic N) is 1. The second-order valence-corrected chi connectivity index (χ2v) is 8.28. The Bertz CT molecular complexity index is 768. The van der Waals surface area contributed by atoms with Crippen LogP contribution in [0.1, 0.15) is 38.3 Å². The third-order valence-corrected chi connectivity index (χ3v) is 5.40. The van der Waals surface area contributed by atoms with Crippen molar-refractivity contribution in [3.05, 3.63) is 21.7 Å². The zero-order valence-corrected chi connectivity index (χ0v) is 17.2. The predicted octanol–water partition coefficient (Wildman–Crippen LogP) is 4.14. The van der Waals surface area contributed by atoms with Gasteiger partial charge in [0.1, 0.15) is 18.8 Å². The van der Waals surface area contributed by atoms with Crippen LogP contribution in [0.3, 0.4) is 0 Å². The molecule has 0 bridgehead atoms. The van der Waals surface area contributed by atoms with E-state index in [1.165, 1.54) is 0 Å². The third kappa shape index (κ3) is 3.63. The fourth-order valence-corrected chi connectivity index (χ4v) is 3.54. The summed E-state index contributed by atoms with van der Waals surface area (Å²) in [5.74, 6) is 1.30. The fraction of sp³-hybridized carbons (Fsp3) is 0.526. The van der Waals surface area contributed by atoms with Gasteiger partial charge < -0.3 is 24.8 Å². The number of amides is 1. The number of nitrogens with two attached hydrogens (primary N) is 1. The van der Waals surface area contributed by atoms with Crippen LogP contribution in [0.15, 0.2) is 10.5 Å². The summed E-state index contributed by atoms with van der Waals surface area (Å²) in [7, 11) is 0. The van der Waals surface area contributed by atoms with Gasteiger partial charge in [-0.15, -0.1) is 0 Å². The monoisotopic (exact) mass is 424 g/mol. The van der Waals surface area contributed by atoms with E-state index in [0.29, 0.717) is 49.9 Å². The van der Waals surface area contributed by atoms with E-state index < -0.39 is 5.60 Å². The molecule has 1 aromatic rings. The molecule has 26 heavy (non-hydrogen) atoms. The number of carbonyl (C=O) groups is 1. The maximum atomic E-state index is 12.3. The molecular weight excluding hydrogens is 400 g/mol. The van der Waals surface area contributed by atoms with Gasteiger partial charge >= 0.3 is 6.09 Å². The molecule has 142 valence electrons. The van der Waals surface area contributed by atoms with Crippen LogP contribution in [0.5, 0.6) is 11.5 Å². The van der Waals surface area contributed by atoms with Crippen LogP contribution < -0.4 is 15.2 Å². The number of halogens is 1. The average molecular weight is 425 g/mol. The van der Waals surface area contributed by atoms with Crippen LogP contribution in [0.4, 0.5) is 10.5 Å². The highest BCUT2D eigenvalue weighted by molar-refractivity contribution is 9.10. The van der Waals surface area contributed by atoms with Crippen molar-refractivity contribution in [2.75, 3.05) is 32.0 Å². The zero-order valence-electron chi connectivity index (χ0n) is 15.6. The van der Waals surface area contributed by atoms with Gasteiger partial charge in [-0.3, -0.25) is 0 Å². The van der Waals surface area contributed by atoms with Gasteiger partial charge in [0.15, 0.2) is 11.5 Å². The van der Waals surface area contributed by atoms with E-state index in [-0.39, 0.29) is 6.09 Å². The van der Waals surface area contributed by atoms with Crippen LogP contribution in [-0.2, 0) is 4.74 Å². The van der Waals surface area contributed by atoms with Crippen molar-refractivity contribution in [3.8, 4) is 11.5 Å². The minimum atomic E-state index is -0.496. The molecule has 1 aromatic carbocycles. The molecule has 6 nitrogen and oxygen atoms in total. The number of fused-ring (bicyclic) bond motifs is 1. The number of hydrogen-bond acceptors (Lipinski definition) is 5. The molecule has 2 aliphatic rings. The van der Waals surface area contributed by atoms with Gasteiger partial charge in [0, 0.05) is 23.1 Å². The maximum absolute atomic E-state index is 12.3. The average Bonchev–Trinajstić information content (AvgIpc) is 2.59. The van der Waals surface area contributed by atoms with E-state index in [2.05, 4.69) is 22.0 Å². The first-order valence-corrected chi connectivity index (χ1v) is 9.53. The molecule has 2 N–H and O–H groups in total. The normalized spacial score (nSPS) is 17.0. The summed E-state index contributed by atoms with van der Waals surface area (Å²) in [6, 6.07) is 0. The van der Waals surface area contributed by atoms with E-state index in [0.717, 1.165) is 21.2 Å². The first-order chi connectivity index (χ1) is 12.2. The lowest BCUT2D eigenvalue weighted by Gasteiger charge is -2.31. The number of ether oxygens (including phenoxy) is 3. The second-order valence-electron chi connectivity index (χ2n) is 7.49. The molecule has 0 aliphatic carbocycles. The van der Waals surface area contributed by atoms with Crippen molar-refractivity contribution in [1.29, 1.82) is 0 Å². The molecule has 1 amide bonds. The molecule has 2 aliphatic heterocycles. The summed E-state index contributed by atoms with van der Waals surface area (Å²) < 4.78 is 17.9. The highest BCUT2D eigenvalue weighted by Crippen LogP contribution is 2.49. The van der Waals surface area contributed by atoms with E-state index in [1.54, 1.807) is 4.90 Å². The van der Waals surface area contributed by atoms with Gasteiger partial charge in [0.2, 0.25) is 0 Å². The first-order valence-electron chi connectivity index (χ1n) is 8.73. The van der Waals surface area contributed by atoms with Crippen molar-refractivity contribution in [2.24, 2.45) is 0 Å². The Morgan fingerprint density at radius 3 is 2.50 bits per heavy atom. The number of carbonyl (C=O) groups excluding carboxylic acids is 1. The summed E-state index contributed by atoms with van der Waals surface area (Å²) in [6.45, 7) is 9.70. The molecule has 0 radical (unpaired) electrons. The smallest absolute Gasteiger partial charge is 0.410 e. The fourth-order valence-electron chi connectivity index (χ4n) is 3.16. The predicted molar refractivity (Wildman–Crippen MR) is 105 cm³/mol. The van der Waals surface area contributed by atoms with Crippen molar-refractivity contribution >= 4 is 33.3 Å². The molecule has 0 saturated carbocycles. The highest BCUT2D eigenvalue weighted by atomic mass is 79.9. The summed E-state index contributed by atoms with van der Waals surface area (Å²) in [5, 5.41) is 0. The van der Waals surface area contributed by atoms with E-state index in [4.69, 9.17) is 19.9 Å². The molecule has 0 spiro atoms. The van der Waals surface area contributed by atoms with Gasteiger partial charge in [-0.05, 0) is 61.2 Å². The summed E-state index contributed by atoms with van der Waals surface area (Å²) in [5.41, 5.74) is 9.40. The molecule has 0 saturated heterocycles. The lowest BCUT2D eigenvalue weighted by atomic mass is 9.93. The first kappa shape index (κ1) is 18.9. The number of nitrogen functional groups attached to an aromatic ring is 1. The quantitative estimate of drug-likeness (QED) is 0.685. The molecule has 0 atom stereocenters. The minimum absolute atomic E-state index is 0.287. The van der Waals surface area contributed by atoms with E-state index in [9.17, 15) is 4.79 Å². The number of anilines is 1. The number of rotatable bonds is 1. The van der Waals surface area contributed by atoms with Crippen molar-refractivity contribution < 1.29 is 19.0 Å². The molecular formula is C19H25BrN2O4. The lowest BCUT2D eigenvalue weighted by Crippen LogP contribution is -2.39. The second kappa shape index (κ2) is 7.02. The summed E-state index contributed by atoms with van der Waals surface area (Å²) in [6.07, 6.45) is 2.48. The van der Waals surface area contributed by atoms with Gasteiger partial charge in [-0.25, -0.2) is 4.79 Å². The highest BCUT2D eigenvalue weighted by Gasteiger charge is 2.29. The Morgan fingerprint density at radius 1 is 1.27 bits per heavy atom. The zero-order chi connectivity index (χ0) is 19.1. The van der Waals surface area contributed by atoms with Crippen LogP contribution >= 0.6 is 15.9 Å². The summed E-state index contributed by atoms with van der Waals surface area (Å²) in [4.78, 5) is 14.0. The van der Waals surface area contributed by atoms with Crippen molar-refractivity contribution in [2.45, 2.75) is 39.7 Å². The van der Waals surface area contributed by atoms with Gasteiger partial charge in [-0.1, -0.05) is 6.08 Å². The minimum Gasteiger partial charge on any atom is -0.485 e. The van der Waals surface area contributed by atoms with Gasteiger partial charge in [-0.2, -0.15) is 0 Å². The Morgan fingerprint density at radius 2 is 1.92 bits per heavy atom. The number of hydrogen-bond donors (Lipinski definition) is 1. The van der Waals surface area contributed by atoms with Crippen LogP contribution in [0.2, 0.25) is 0 Å². The van der Waals surface area contributed by atoms with E-state index >= 15 is 0 Å². The largest absolute Gasteiger partial charge is 0.485 e. The Labute approximate surface area is 162 Å². The standard InChI is InChI=1S/C19H25BrN2O4/c1-11-13(16-17(15(21)14(11)20)25-10-9-24-16)12-5-7-22(8-6-12)18(23)26-19(2,3)4/h5H,6-10,21H2,1-4H3. The molecule has 7 heteroatoms. The molecule has 0 unspecified atom stereocenters. The van der Waals surface area contributed by atoms with Gasteiger partial charge in [0.05, 0.1) is 5.69 Å². The molecule has 2 heterocycles. The van der Waals surface area contributed by atoms with Crippen LogP contribution in [0.25, 0.3) is 5.57 Å². The topological polar surface area (TPSA) is 74.0 Å². The molecule has 3 rings (SSSR count). The lowest BCUT2D eigenvalue weighted by molar-refractivity contribution is 0.0270. The Hall–Kier alpha value is -1.89. The summed E-state index contributed by atoms with van der Waals surface area (Å²) >= 11 is 3.57. The number of benzene rings is 1. The molecule has 0 aromatic heterocycles. The van der Waals surface area contributed by atoms with Crippen molar-refractivity contribution in [3.63, 3.8) is 0 Å². The molecule has 0 fully saturated rings.